The zero-order chi connectivity index (χ0) is 9.14. The van der Waals surface area contributed by atoms with Gasteiger partial charge in [0.25, 0.3) is 0 Å². The first-order chi connectivity index (χ1) is 5.59. The van der Waals surface area contributed by atoms with E-state index in [2.05, 4.69) is 17.3 Å². The van der Waals surface area contributed by atoms with Crippen molar-refractivity contribution in [2.75, 3.05) is 20.1 Å². The van der Waals surface area contributed by atoms with E-state index in [1.807, 2.05) is 0 Å². The molecule has 4 heteroatoms. The molecule has 0 saturated carbocycles. The molecule has 0 radical (unpaired) electrons. The highest BCUT2D eigenvalue weighted by atomic mass is 16.2. The van der Waals surface area contributed by atoms with E-state index < -0.39 is 6.04 Å². The van der Waals surface area contributed by atoms with Gasteiger partial charge in [-0.2, -0.15) is 0 Å². The van der Waals surface area contributed by atoms with Gasteiger partial charge in [0.05, 0.1) is 6.04 Å². The molecule has 1 aliphatic heterocycles. The van der Waals surface area contributed by atoms with Crippen LogP contribution in [0.25, 0.3) is 0 Å². The molecule has 4 nitrogen and oxygen atoms in total. The number of hydrogen-bond donors (Lipinski definition) is 2. The van der Waals surface area contributed by atoms with Crippen molar-refractivity contribution in [1.29, 1.82) is 0 Å². The van der Waals surface area contributed by atoms with Crippen LogP contribution in [0.4, 0.5) is 0 Å². The molecule has 0 spiro atoms. The third-order valence-electron chi connectivity index (χ3n) is 2.15. The summed E-state index contributed by atoms with van der Waals surface area (Å²) in [4.78, 5) is 13.4. The minimum absolute atomic E-state index is 0.0460. The highest BCUT2D eigenvalue weighted by Crippen LogP contribution is 2.05. The maximum Gasteiger partial charge on any atom is 0.236 e. The van der Waals surface area contributed by atoms with E-state index in [1.165, 1.54) is 0 Å². The van der Waals surface area contributed by atoms with Crippen molar-refractivity contribution >= 4 is 5.91 Å². The zero-order valence-corrected chi connectivity index (χ0v) is 7.71. The lowest BCUT2D eigenvalue weighted by Crippen LogP contribution is -2.44. The van der Waals surface area contributed by atoms with Crippen LogP contribution >= 0.6 is 0 Å². The third kappa shape index (κ3) is 2.46. The molecule has 0 aromatic heterocycles. The molecule has 1 amide bonds. The first kappa shape index (κ1) is 9.48. The van der Waals surface area contributed by atoms with E-state index in [4.69, 9.17) is 5.73 Å². The summed E-state index contributed by atoms with van der Waals surface area (Å²) in [5, 5.41) is 2.90. The second kappa shape index (κ2) is 3.87. The largest absolute Gasteiger partial charge is 0.351 e. The predicted molar refractivity (Wildman–Crippen MR) is 47.7 cm³/mol. The highest BCUT2D eigenvalue weighted by molar-refractivity contribution is 5.81. The van der Waals surface area contributed by atoms with Crippen LogP contribution in [0.1, 0.15) is 13.3 Å². The summed E-state index contributed by atoms with van der Waals surface area (Å²) in [7, 11) is 2.05. The molecule has 3 N–H and O–H groups in total. The van der Waals surface area contributed by atoms with Crippen LogP contribution in [-0.4, -0.2) is 43.0 Å². The van der Waals surface area contributed by atoms with E-state index in [-0.39, 0.29) is 5.91 Å². The summed E-state index contributed by atoms with van der Waals surface area (Å²) < 4.78 is 0. The van der Waals surface area contributed by atoms with Crippen molar-refractivity contribution in [2.45, 2.75) is 25.4 Å². The molecule has 0 aromatic rings. The molecule has 0 bridgehead atoms. The lowest BCUT2D eigenvalue weighted by atomic mass is 10.2. The Labute approximate surface area is 73.1 Å². The molecule has 1 fully saturated rings. The smallest absolute Gasteiger partial charge is 0.236 e. The number of rotatable bonds is 2. The molecule has 1 aliphatic rings. The molecule has 2 atom stereocenters. The van der Waals surface area contributed by atoms with Crippen molar-refractivity contribution in [3.8, 4) is 0 Å². The summed E-state index contributed by atoms with van der Waals surface area (Å²) in [5.74, 6) is -0.0460. The van der Waals surface area contributed by atoms with Crippen LogP contribution in [0.2, 0.25) is 0 Å². The monoisotopic (exact) mass is 171 g/mol. The van der Waals surface area contributed by atoms with Gasteiger partial charge in [-0.05, 0) is 26.9 Å². The Balaban J connectivity index is 2.28. The second-order valence-electron chi connectivity index (χ2n) is 3.55. The van der Waals surface area contributed by atoms with E-state index in [0.29, 0.717) is 6.04 Å². The summed E-state index contributed by atoms with van der Waals surface area (Å²) >= 11 is 0. The Morgan fingerprint density at radius 1 is 1.75 bits per heavy atom. The number of carbonyl (C=O) groups is 1. The maximum absolute atomic E-state index is 11.2. The normalized spacial score (nSPS) is 27.1. The zero-order valence-electron chi connectivity index (χ0n) is 7.71. The van der Waals surface area contributed by atoms with Gasteiger partial charge in [-0.3, -0.25) is 4.79 Å². The lowest BCUT2D eigenvalue weighted by Gasteiger charge is -2.14. The Kier molecular flexibility index (Phi) is 3.05. The Hall–Kier alpha value is -0.610. The third-order valence-corrected chi connectivity index (χ3v) is 2.15. The molecule has 0 aromatic carbocycles. The van der Waals surface area contributed by atoms with E-state index in [1.54, 1.807) is 6.92 Å². The second-order valence-corrected chi connectivity index (χ2v) is 3.55. The Bertz CT molecular complexity index is 170. The van der Waals surface area contributed by atoms with Gasteiger partial charge in [0.1, 0.15) is 0 Å². The van der Waals surface area contributed by atoms with Gasteiger partial charge in [-0.15, -0.1) is 0 Å². The van der Waals surface area contributed by atoms with Gasteiger partial charge >= 0.3 is 0 Å². The molecule has 1 saturated heterocycles. The van der Waals surface area contributed by atoms with Crippen molar-refractivity contribution in [3.63, 3.8) is 0 Å². The summed E-state index contributed by atoms with van der Waals surface area (Å²) in [5.41, 5.74) is 5.42. The average Bonchev–Trinajstić information content (AvgIpc) is 2.35. The quantitative estimate of drug-likeness (QED) is 0.569. The fourth-order valence-corrected chi connectivity index (χ4v) is 1.39. The van der Waals surface area contributed by atoms with Crippen LogP contribution < -0.4 is 11.1 Å². The number of nitrogens with one attached hydrogen (secondary N) is 1. The van der Waals surface area contributed by atoms with E-state index in [0.717, 1.165) is 19.5 Å². The number of carbonyl (C=O) groups excluding carboxylic acids is 1. The molecular formula is C8H17N3O. The molecule has 0 aliphatic carbocycles. The fraction of sp³-hybridized carbons (Fsp3) is 0.875. The number of nitrogens with two attached hydrogens (primary N) is 1. The van der Waals surface area contributed by atoms with Gasteiger partial charge in [-0.1, -0.05) is 0 Å². The van der Waals surface area contributed by atoms with Gasteiger partial charge in [0, 0.05) is 12.6 Å². The van der Waals surface area contributed by atoms with E-state index >= 15 is 0 Å². The van der Waals surface area contributed by atoms with Crippen molar-refractivity contribution in [3.05, 3.63) is 0 Å². The number of hydrogen-bond acceptors (Lipinski definition) is 3. The standard InChI is InChI=1S/C8H17N3O/c1-6(9)8(12)10-7-3-4-11(2)5-7/h6-7H,3-5,9H2,1-2H3,(H,10,12)/t6-,7+/m0/s1. The van der Waals surface area contributed by atoms with Crippen LogP contribution in [0.5, 0.6) is 0 Å². The minimum Gasteiger partial charge on any atom is -0.351 e. The number of nitrogens with zero attached hydrogens (tertiary/aromatic N) is 1. The number of amides is 1. The van der Waals surface area contributed by atoms with Crippen LogP contribution in [0, 0.1) is 0 Å². The minimum atomic E-state index is -0.393. The number of likely N-dealkylation sites (tertiary alicyclic amines) is 1. The summed E-state index contributed by atoms with van der Waals surface area (Å²) in [6, 6.07) is -0.0931. The van der Waals surface area contributed by atoms with Gasteiger partial charge in [0.15, 0.2) is 0 Å². The van der Waals surface area contributed by atoms with Crippen LogP contribution in [-0.2, 0) is 4.79 Å². The van der Waals surface area contributed by atoms with Crippen LogP contribution in [0.15, 0.2) is 0 Å². The van der Waals surface area contributed by atoms with Crippen molar-refractivity contribution in [1.82, 2.24) is 10.2 Å². The van der Waals surface area contributed by atoms with Gasteiger partial charge in [0.2, 0.25) is 5.91 Å². The highest BCUT2D eigenvalue weighted by Gasteiger charge is 2.21. The fourth-order valence-electron chi connectivity index (χ4n) is 1.39. The van der Waals surface area contributed by atoms with Gasteiger partial charge < -0.3 is 16.0 Å². The predicted octanol–water partition coefficient (Wildman–Crippen LogP) is -0.846. The van der Waals surface area contributed by atoms with E-state index in [9.17, 15) is 4.79 Å². The van der Waals surface area contributed by atoms with Crippen LogP contribution in [0.3, 0.4) is 0 Å². The Morgan fingerprint density at radius 2 is 2.42 bits per heavy atom. The molecule has 1 rings (SSSR count). The molecule has 12 heavy (non-hydrogen) atoms. The summed E-state index contributed by atoms with van der Waals surface area (Å²) in [6.07, 6.45) is 1.04. The van der Waals surface area contributed by atoms with Crippen molar-refractivity contribution < 1.29 is 4.79 Å². The maximum atomic E-state index is 11.2. The number of likely N-dealkylation sites (N-methyl/N-ethyl adjacent to an activating group) is 1. The summed E-state index contributed by atoms with van der Waals surface area (Å²) in [6.45, 7) is 3.70. The SMILES string of the molecule is C[C@H](N)C(=O)N[C@@H]1CCN(C)C1. The first-order valence-corrected chi connectivity index (χ1v) is 4.34. The van der Waals surface area contributed by atoms with Gasteiger partial charge in [-0.25, -0.2) is 0 Å². The molecule has 70 valence electrons. The molecular weight excluding hydrogens is 154 g/mol. The van der Waals surface area contributed by atoms with Crippen molar-refractivity contribution in [2.24, 2.45) is 5.73 Å². The molecule has 1 heterocycles. The Morgan fingerprint density at radius 3 is 2.83 bits per heavy atom. The average molecular weight is 171 g/mol. The first-order valence-electron chi connectivity index (χ1n) is 4.34. The topological polar surface area (TPSA) is 58.4 Å². The lowest BCUT2D eigenvalue weighted by molar-refractivity contribution is -0.122. The molecule has 0 unspecified atom stereocenters.